The molecular weight excluding hydrogens is 526 g/mol. The molecule has 2 rings (SSSR count). The van der Waals surface area contributed by atoms with Crippen LogP contribution in [0.25, 0.3) is 0 Å². The summed E-state index contributed by atoms with van der Waals surface area (Å²) < 4.78 is 5.32. The summed E-state index contributed by atoms with van der Waals surface area (Å²) in [5.41, 5.74) is 3.32. The molecule has 2 aromatic carbocycles. The summed E-state index contributed by atoms with van der Waals surface area (Å²) in [4.78, 5) is 41.7. The number of alkyl carbamates (subject to hydrolysis) is 1. The SMILES string of the molecule is CCCCCCCCN(C(=O)CNC(=O)OC(C)(C)C)C(C(=O)Nc1c(C)cccc1Cl)c1cccc(C)c1C. The van der Waals surface area contributed by atoms with Crippen LogP contribution in [-0.2, 0) is 14.3 Å². The average molecular weight is 572 g/mol. The molecule has 0 aromatic heterocycles. The van der Waals surface area contributed by atoms with Crippen LogP contribution in [0.1, 0.15) is 94.5 Å². The zero-order valence-electron chi connectivity index (χ0n) is 25.2. The topological polar surface area (TPSA) is 87.7 Å². The van der Waals surface area contributed by atoms with Gasteiger partial charge in [0, 0.05) is 6.54 Å². The van der Waals surface area contributed by atoms with E-state index in [1.807, 2.05) is 51.1 Å². The summed E-state index contributed by atoms with van der Waals surface area (Å²) in [6, 6.07) is 10.3. The highest BCUT2D eigenvalue weighted by Crippen LogP contribution is 2.31. The fraction of sp³-hybridized carbons (Fsp3) is 0.531. The van der Waals surface area contributed by atoms with Gasteiger partial charge < -0.3 is 20.3 Å². The van der Waals surface area contributed by atoms with Crippen LogP contribution in [0.5, 0.6) is 0 Å². The van der Waals surface area contributed by atoms with Crippen LogP contribution in [-0.4, -0.2) is 41.5 Å². The highest BCUT2D eigenvalue weighted by atomic mass is 35.5. The summed E-state index contributed by atoms with van der Waals surface area (Å²) in [7, 11) is 0. The van der Waals surface area contributed by atoms with E-state index in [4.69, 9.17) is 16.3 Å². The molecule has 0 bridgehead atoms. The summed E-state index contributed by atoms with van der Waals surface area (Å²) in [6.45, 7) is 13.3. The van der Waals surface area contributed by atoms with Gasteiger partial charge in [0.2, 0.25) is 5.91 Å². The first kappa shape index (κ1) is 33.1. The highest BCUT2D eigenvalue weighted by Gasteiger charge is 2.33. The number of hydrogen-bond acceptors (Lipinski definition) is 4. The van der Waals surface area contributed by atoms with E-state index in [1.54, 1.807) is 31.7 Å². The lowest BCUT2D eigenvalue weighted by molar-refractivity contribution is -0.138. The first-order valence-electron chi connectivity index (χ1n) is 14.2. The van der Waals surface area contributed by atoms with E-state index in [1.165, 1.54) is 6.42 Å². The molecule has 0 aliphatic rings. The van der Waals surface area contributed by atoms with Crippen LogP contribution in [0.15, 0.2) is 36.4 Å². The highest BCUT2D eigenvalue weighted by molar-refractivity contribution is 6.34. The number of carbonyl (C=O) groups excluding carboxylic acids is 3. The van der Waals surface area contributed by atoms with E-state index in [-0.39, 0.29) is 18.4 Å². The molecule has 3 amide bonds. The van der Waals surface area contributed by atoms with Crippen molar-refractivity contribution in [2.75, 3.05) is 18.4 Å². The number of ether oxygens (including phenoxy) is 1. The zero-order chi connectivity index (χ0) is 29.9. The predicted octanol–water partition coefficient (Wildman–Crippen LogP) is 7.66. The molecule has 220 valence electrons. The number of unbranched alkanes of at least 4 members (excludes halogenated alkanes) is 5. The number of halogens is 1. The second kappa shape index (κ2) is 15.7. The van der Waals surface area contributed by atoms with Gasteiger partial charge in [0.1, 0.15) is 18.2 Å². The summed E-state index contributed by atoms with van der Waals surface area (Å²) >= 11 is 6.45. The Morgan fingerprint density at radius 1 is 0.925 bits per heavy atom. The van der Waals surface area contributed by atoms with Crippen molar-refractivity contribution in [3.63, 3.8) is 0 Å². The van der Waals surface area contributed by atoms with E-state index in [0.717, 1.165) is 54.4 Å². The fourth-order valence-electron chi connectivity index (χ4n) is 4.53. The Bertz CT molecular complexity index is 1140. The lowest BCUT2D eigenvalue weighted by Crippen LogP contribution is -2.47. The smallest absolute Gasteiger partial charge is 0.408 e. The van der Waals surface area contributed by atoms with Crippen LogP contribution in [0.4, 0.5) is 10.5 Å². The third kappa shape index (κ3) is 10.2. The van der Waals surface area contributed by atoms with Crippen molar-refractivity contribution in [2.45, 2.75) is 98.6 Å². The molecule has 0 radical (unpaired) electrons. The number of carbonyl (C=O) groups is 3. The van der Waals surface area contributed by atoms with Gasteiger partial charge in [-0.25, -0.2) is 4.79 Å². The molecule has 0 fully saturated rings. The quantitative estimate of drug-likeness (QED) is 0.242. The van der Waals surface area contributed by atoms with Gasteiger partial charge in [0.05, 0.1) is 10.7 Å². The fourth-order valence-corrected chi connectivity index (χ4v) is 4.80. The Morgan fingerprint density at radius 3 is 2.20 bits per heavy atom. The van der Waals surface area contributed by atoms with E-state index < -0.39 is 17.7 Å². The van der Waals surface area contributed by atoms with Gasteiger partial charge in [-0.1, -0.05) is 81.0 Å². The minimum atomic E-state index is -0.917. The average Bonchev–Trinajstić information content (AvgIpc) is 2.87. The maximum atomic E-state index is 14.1. The number of nitrogens with zero attached hydrogens (tertiary/aromatic N) is 1. The number of hydrogen-bond donors (Lipinski definition) is 2. The maximum Gasteiger partial charge on any atom is 0.408 e. The van der Waals surface area contributed by atoms with Crippen LogP contribution in [0.3, 0.4) is 0 Å². The third-order valence-corrected chi connectivity index (χ3v) is 7.14. The Morgan fingerprint density at radius 2 is 1.55 bits per heavy atom. The maximum absolute atomic E-state index is 14.1. The van der Waals surface area contributed by atoms with Gasteiger partial charge in [-0.3, -0.25) is 9.59 Å². The Kier molecular flexibility index (Phi) is 13.0. The van der Waals surface area contributed by atoms with Gasteiger partial charge in [-0.05, 0) is 76.3 Å². The Balaban J connectivity index is 2.44. The molecule has 1 atom stereocenters. The Labute approximate surface area is 245 Å². The molecule has 0 heterocycles. The molecule has 0 spiro atoms. The summed E-state index contributed by atoms with van der Waals surface area (Å²) in [5.74, 6) is -0.724. The van der Waals surface area contributed by atoms with E-state index >= 15 is 0 Å². The first-order chi connectivity index (χ1) is 18.9. The number of rotatable bonds is 13. The molecule has 8 heteroatoms. The lowest BCUT2D eigenvalue weighted by atomic mass is 9.95. The van der Waals surface area contributed by atoms with Crippen LogP contribution >= 0.6 is 11.6 Å². The van der Waals surface area contributed by atoms with Crippen molar-refractivity contribution in [1.29, 1.82) is 0 Å². The molecule has 0 saturated carbocycles. The van der Waals surface area contributed by atoms with E-state index in [0.29, 0.717) is 17.3 Å². The minimum absolute atomic E-state index is 0.287. The molecule has 2 N–H and O–H groups in total. The third-order valence-electron chi connectivity index (χ3n) is 6.83. The molecular formula is C32H46ClN3O4. The van der Waals surface area contributed by atoms with Crippen LogP contribution < -0.4 is 10.6 Å². The molecule has 7 nitrogen and oxygen atoms in total. The predicted molar refractivity (Wildman–Crippen MR) is 163 cm³/mol. The normalized spacial score (nSPS) is 12.0. The lowest BCUT2D eigenvalue weighted by Gasteiger charge is -2.33. The molecule has 0 aliphatic heterocycles. The van der Waals surface area contributed by atoms with Crippen molar-refractivity contribution in [1.82, 2.24) is 10.2 Å². The van der Waals surface area contributed by atoms with Gasteiger partial charge >= 0.3 is 6.09 Å². The second-order valence-corrected chi connectivity index (χ2v) is 11.7. The van der Waals surface area contributed by atoms with E-state index in [2.05, 4.69) is 17.6 Å². The number of benzene rings is 2. The van der Waals surface area contributed by atoms with E-state index in [9.17, 15) is 14.4 Å². The zero-order valence-corrected chi connectivity index (χ0v) is 25.9. The number of amides is 3. The molecule has 2 aromatic rings. The number of nitrogens with one attached hydrogen (secondary N) is 2. The summed E-state index contributed by atoms with van der Waals surface area (Å²) in [6.07, 6.45) is 5.52. The molecule has 40 heavy (non-hydrogen) atoms. The minimum Gasteiger partial charge on any atom is -0.444 e. The van der Waals surface area contributed by atoms with Crippen LogP contribution in [0, 0.1) is 20.8 Å². The van der Waals surface area contributed by atoms with Crippen molar-refractivity contribution in [2.24, 2.45) is 0 Å². The Hall–Kier alpha value is -3.06. The van der Waals surface area contributed by atoms with Gasteiger partial charge in [-0.2, -0.15) is 0 Å². The standard InChI is InChI=1S/C32H46ClN3O4/c1-8-9-10-11-12-13-20-36(27(37)21-34-31(39)40-32(5,6)7)29(25-18-14-16-22(2)24(25)4)30(38)35-28-23(3)17-15-19-26(28)33/h14-19,29H,8-13,20-21H2,1-7H3,(H,34,39)(H,35,38). The van der Waals surface area contributed by atoms with Crippen molar-refractivity contribution in [3.8, 4) is 0 Å². The second-order valence-electron chi connectivity index (χ2n) is 11.3. The van der Waals surface area contributed by atoms with Gasteiger partial charge in [0.15, 0.2) is 0 Å². The largest absolute Gasteiger partial charge is 0.444 e. The number of aryl methyl sites for hydroxylation is 2. The molecule has 0 aliphatic carbocycles. The monoisotopic (exact) mass is 571 g/mol. The van der Waals surface area contributed by atoms with Crippen LogP contribution in [0.2, 0.25) is 5.02 Å². The molecule has 0 saturated heterocycles. The summed E-state index contributed by atoms with van der Waals surface area (Å²) in [5, 5.41) is 5.99. The first-order valence-corrected chi connectivity index (χ1v) is 14.6. The number of anilines is 1. The van der Waals surface area contributed by atoms with Crippen molar-refractivity contribution < 1.29 is 19.1 Å². The van der Waals surface area contributed by atoms with Gasteiger partial charge in [-0.15, -0.1) is 0 Å². The van der Waals surface area contributed by atoms with Crippen molar-refractivity contribution >= 4 is 35.2 Å². The number of para-hydroxylation sites is 1. The van der Waals surface area contributed by atoms with Gasteiger partial charge in [0.25, 0.3) is 5.91 Å². The molecule has 1 unspecified atom stereocenters. The van der Waals surface area contributed by atoms with Crippen molar-refractivity contribution in [3.05, 3.63) is 63.7 Å².